The number of carbonyl (C=O) groups is 1. The second kappa shape index (κ2) is 5.70. The van der Waals surface area contributed by atoms with Gasteiger partial charge in [-0.1, -0.05) is 0 Å². The first-order valence-corrected chi connectivity index (χ1v) is 5.28. The second-order valence-corrected chi connectivity index (χ2v) is 4.01. The minimum atomic E-state index is -0.115. The zero-order valence-corrected chi connectivity index (χ0v) is 10.4. The number of amides is 1. The molecule has 1 heterocycles. The number of aromatic nitrogens is 1. The summed E-state index contributed by atoms with van der Waals surface area (Å²) in [6, 6.07) is 7.60. The molecule has 0 saturated heterocycles. The average Bonchev–Trinajstić information content (AvgIpc) is 2.63. The molecule has 0 bridgehead atoms. The molecule has 1 aromatic carbocycles. The molecule has 0 saturated carbocycles. The predicted molar refractivity (Wildman–Crippen MR) is 72.4 cm³/mol. The van der Waals surface area contributed by atoms with Crippen molar-refractivity contribution in [2.45, 2.75) is 19.4 Å². The lowest BCUT2D eigenvalue weighted by molar-refractivity contribution is -0.116. The van der Waals surface area contributed by atoms with Crippen molar-refractivity contribution < 1.29 is 4.79 Å². The van der Waals surface area contributed by atoms with Gasteiger partial charge in [-0.05, 0) is 31.2 Å². The van der Waals surface area contributed by atoms with E-state index in [0.29, 0.717) is 6.42 Å². The molecular weight excluding hydrogens is 238 g/mol. The smallest absolute Gasteiger partial charge is 0.225 e. The topological polar surface area (TPSA) is 70.9 Å². The van der Waals surface area contributed by atoms with Crippen molar-refractivity contribution in [3.05, 3.63) is 30.5 Å². The van der Waals surface area contributed by atoms with Crippen LogP contribution in [0.25, 0.3) is 10.9 Å². The van der Waals surface area contributed by atoms with E-state index in [-0.39, 0.29) is 24.4 Å². The van der Waals surface area contributed by atoms with Crippen molar-refractivity contribution in [2.24, 2.45) is 5.73 Å². The van der Waals surface area contributed by atoms with Gasteiger partial charge >= 0.3 is 0 Å². The lowest BCUT2D eigenvalue weighted by atomic mass is 10.2. The van der Waals surface area contributed by atoms with Crippen molar-refractivity contribution in [1.29, 1.82) is 0 Å². The van der Waals surface area contributed by atoms with Crippen LogP contribution >= 0.6 is 12.4 Å². The molecule has 2 rings (SSSR count). The largest absolute Gasteiger partial charge is 0.361 e. The van der Waals surface area contributed by atoms with E-state index in [1.54, 1.807) is 0 Å². The third-order valence-electron chi connectivity index (χ3n) is 2.34. The number of carbonyl (C=O) groups excluding carboxylic acids is 1. The molecule has 1 unspecified atom stereocenters. The Kier molecular flexibility index (Phi) is 4.54. The lowest BCUT2D eigenvalue weighted by Crippen LogP contribution is -2.23. The molecule has 0 spiro atoms. The average molecular weight is 254 g/mol. The van der Waals surface area contributed by atoms with Crippen LogP contribution in [0.1, 0.15) is 13.3 Å². The van der Waals surface area contributed by atoms with Crippen LogP contribution in [0.4, 0.5) is 5.69 Å². The summed E-state index contributed by atoms with van der Waals surface area (Å²) in [5, 5.41) is 3.90. The summed E-state index contributed by atoms with van der Waals surface area (Å²) in [4.78, 5) is 14.6. The molecule has 92 valence electrons. The van der Waals surface area contributed by atoms with Crippen LogP contribution < -0.4 is 11.1 Å². The van der Waals surface area contributed by atoms with E-state index in [0.717, 1.165) is 16.6 Å². The Morgan fingerprint density at radius 1 is 1.47 bits per heavy atom. The van der Waals surface area contributed by atoms with Gasteiger partial charge in [0, 0.05) is 35.2 Å². The van der Waals surface area contributed by atoms with Gasteiger partial charge in [0.15, 0.2) is 0 Å². The van der Waals surface area contributed by atoms with Crippen LogP contribution in [0, 0.1) is 0 Å². The Morgan fingerprint density at radius 3 is 2.94 bits per heavy atom. The molecule has 0 aliphatic carbocycles. The number of nitrogens with one attached hydrogen (secondary N) is 2. The first-order chi connectivity index (χ1) is 7.65. The summed E-state index contributed by atoms with van der Waals surface area (Å²) in [7, 11) is 0. The van der Waals surface area contributed by atoms with Crippen molar-refractivity contribution in [3.8, 4) is 0 Å². The van der Waals surface area contributed by atoms with Gasteiger partial charge in [0.05, 0.1) is 0 Å². The Morgan fingerprint density at radius 2 is 2.24 bits per heavy atom. The number of hydrogen-bond acceptors (Lipinski definition) is 2. The summed E-state index contributed by atoms with van der Waals surface area (Å²) in [5.41, 5.74) is 7.42. The van der Waals surface area contributed by atoms with E-state index >= 15 is 0 Å². The van der Waals surface area contributed by atoms with Gasteiger partial charge in [0.2, 0.25) is 5.91 Å². The van der Waals surface area contributed by atoms with Gasteiger partial charge in [-0.2, -0.15) is 0 Å². The molecule has 1 aromatic heterocycles. The van der Waals surface area contributed by atoms with E-state index in [4.69, 9.17) is 5.73 Å². The Labute approximate surface area is 106 Å². The van der Waals surface area contributed by atoms with Gasteiger partial charge < -0.3 is 16.0 Å². The van der Waals surface area contributed by atoms with Crippen LogP contribution in [0.5, 0.6) is 0 Å². The zero-order chi connectivity index (χ0) is 11.5. The number of nitrogens with two attached hydrogens (primary N) is 1. The molecule has 1 amide bonds. The fourth-order valence-electron chi connectivity index (χ4n) is 1.64. The van der Waals surface area contributed by atoms with Gasteiger partial charge in [-0.3, -0.25) is 4.79 Å². The highest BCUT2D eigenvalue weighted by Crippen LogP contribution is 2.17. The minimum absolute atomic E-state index is 0. The molecule has 0 aliphatic rings. The summed E-state index contributed by atoms with van der Waals surface area (Å²) < 4.78 is 0. The van der Waals surface area contributed by atoms with Gasteiger partial charge in [-0.25, -0.2) is 0 Å². The van der Waals surface area contributed by atoms with E-state index in [1.165, 1.54) is 0 Å². The SMILES string of the molecule is CC(N)CC(=O)Nc1ccc2[nH]ccc2c1.Cl. The number of fused-ring (bicyclic) bond motifs is 1. The van der Waals surface area contributed by atoms with Crippen LogP contribution in [-0.4, -0.2) is 16.9 Å². The van der Waals surface area contributed by atoms with Crippen molar-refractivity contribution in [2.75, 3.05) is 5.32 Å². The fourth-order valence-corrected chi connectivity index (χ4v) is 1.64. The van der Waals surface area contributed by atoms with Gasteiger partial charge in [0.1, 0.15) is 0 Å². The monoisotopic (exact) mass is 253 g/mol. The van der Waals surface area contributed by atoms with E-state index in [9.17, 15) is 4.79 Å². The number of benzene rings is 1. The van der Waals surface area contributed by atoms with E-state index < -0.39 is 0 Å². The molecule has 4 nitrogen and oxygen atoms in total. The molecular formula is C12H16ClN3O. The van der Waals surface area contributed by atoms with Crippen LogP contribution in [-0.2, 0) is 4.79 Å². The third kappa shape index (κ3) is 3.47. The van der Waals surface area contributed by atoms with E-state index in [1.807, 2.05) is 37.4 Å². The predicted octanol–water partition coefficient (Wildman–Crippen LogP) is 2.27. The first kappa shape index (κ1) is 13.5. The molecule has 1 atom stereocenters. The Bertz CT molecular complexity index is 507. The molecule has 0 fully saturated rings. The maximum absolute atomic E-state index is 11.5. The molecule has 4 N–H and O–H groups in total. The number of hydrogen-bond donors (Lipinski definition) is 3. The quantitative estimate of drug-likeness (QED) is 0.785. The minimum Gasteiger partial charge on any atom is -0.361 e. The second-order valence-electron chi connectivity index (χ2n) is 4.01. The van der Waals surface area contributed by atoms with Crippen molar-refractivity contribution >= 4 is 34.9 Å². The van der Waals surface area contributed by atoms with Gasteiger partial charge in [0.25, 0.3) is 0 Å². The summed E-state index contributed by atoms with van der Waals surface area (Å²) in [5.74, 6) is -0.0510. The maximum Gasteiger partial charge on any atom is 0.225 e. The molecule has 0 radical (unpaired) electrons. The number of H-pyrrole nitrogens is 1. The summed E-state index contributed by atoms with van der Waals surface area (Å²) in [6.07, 6.45) is 2.21. The first-order valence-electron chi connectivity index (χ1n) is 5.28. The molecule has 2 aromatic rings. The third-order valence-corrected chi connectivity index (χ3v) is 2.34. The van der Waals surface area contributed by atoms with Gasteiger partial charge in [-0.15, -0.1) is 12.4 Å². The number of anilines is 1. The number of rotatable bonds is 3. The highest BCUT2D eigenvalue weighted by Gasteiger charge is 2.05. The van der Waals surface area contributed by atoms with Crippen molar-refractivity contribution in [1.82, 2.24) is 4.98 Å². The fraction of sp³-hybridized carbons (Fsp3) is 0.250. The number of aromatic amines is 1. The maximum atomic E-state index is 11.5. The Hall–Kier alpha value is -1.52. The Balaban J connectivity index is 0.00000144. The normalized spacial score (nSPS) is 11.9. The highest BCUT2D eigenvalue weighted by atomic mass is 35.5. The summed E-state index contributed by atoms with van der Waals surface area (Å²) >= 11 is 0. The standard InChI is InChI=1S/C12H15N3O.ClH/c1-8(13)6-12(16)15-10-2-3-11-9(7-10)4-5-14-11;/h2-5,7-8,14H,6,13H2,1H3,(H,15,16);1H. The summed E-state index contributed by atoms with van der Waals surface area (Å²) in [6.45, 7) is 1.81. The zero-order valence-electron chi connectivity index (χ0n) is 9.57. The lowest BCUT2D eigenvalue weighted by Gasteiger charge is -2.07. The molecule has 17 heavy (non-hydrogen) atoms. The van der Waals surface area contributed by atoms with Crippen molar-refractivity contribution in [3.63, 3.8) is 0 Å². The van der Waals surface area contributed by atoms with E-state index in [2.05, 4.69) is 10.3 Å². The van der Waals surface area contributed by atoms with Crippen LogP contribution in [0.2, 0.25) is 0 Å². The van der Waals surface area contributed by atoms with Crippen LogP contribution in [0.15, 0.2) is 30.5 Å². The number of halogens is 1. The molecule has 0 aliphatic heterocycles. The molecule has 5 heteroatoms. The van der Waals surface area contributed by atoms with Crippen LogP contribution in [0.3, 0.4) is 0 Å². The highest BCUT2D eigenvalue weighted by molar-refractivity contribution is 5.94.